The molecule has 0 bridgehead atoms. The monoisotopic (exact) mass is 392 g/mol. The van der Waals surface area contributed by atoms with Gasteiger partial charge in [-0.2, -0.15) is 0 Å². The van der Waals surface area contributed by atoms with Crippen molar-refractivity contribution in [2.75, 3.05) is 34.9 Å². The third kappa shape index (κ3) is 5.83. The number of anilines is 5. The molecule has 2 amide bonds. The summed E-state index contributed by atoms with van der Waals surface area (Å²) in [6.07, 6.45) is 0. The fourth-order valence-electron chi connectivity index (χ4n) is 2.68. The van der Waals surface area contributed by atoms with Crippen molar-refractivity contribution in [3.05, 3.63) is 60.4 Å². The number of nitrogens with zero attached hydrogens (tertiary/aromatic N) is 2. The van der Waals surface area contributed by atoms with Crippen molar-refractivity contribution < 1.29 is 9.53 Å². The predicted molar refractivity (Wildman–Crippen MR) is 116 cm³/mol. The Balaban J connectivity index is 1.60. The van der Waals surface area contributed by atoms with Gasteiger partial charge < -0.3 is 26.0 Å². The zero-order valence-corrected chi connectivity index (χ0v) is 16.6. The average Bonchev–Trinajstić information content (AvgIpc) is 2.69. The Hall–Kier alpha value is -3.81. The molecule has 0 aliphatic heterocycles. The molecule has 8 heteroatoms. The summed E-state index contributed by atoms with van der Waals surface area (Å²) in [4.78, 5) is 20.9. The van der Waals surface area contributed by atoms with Crippen molar-refractivity contribution >= 4 is 34.7 Å². The number of methoxy groups -OCH3 is 1. The van der Waals surface area contributed by atoms with Gasteiger partial charge in [0.25, 0.3) is 0 Å². The number of carbonyl (C=O) groups is 1. The molecule has 0 saturated carbocycles. The maximum Gasteiger partial charge on any atom is 0.323 e. The van der Waals surface area contributed by atoms with Gasteiger partial charge in [-0.25, -0.2) is 14.8 Å². The molecule has 8 nitrogen and oxygen atoms in total. The molecule has 1 aromatic heterocycles. The molecule has 0 aliphatic rings. The maximum absolute atomic E-state index is 12.2. The van der Waals surface area contributed by atoms with Gasteiger partial charge in [0.15, 0.2) is 0 Å². The van der Waals surface area contributed by atoms with E-state index in [1.165, 1.54) is 0 Å². The van der Waals surface area contributed by atoms with E-state index in [2.05, 4.69) is 31.2 Å². The molecule has 4 N–H and O–H groups in total. The molecule has 0 spiro atoms. The van der Waals surface area contributed by atoms with E-state index >= 15 is 0 Å². The van der Waals surface area contributed by atoms with E-state index in [1.807, 2.05) is 56.3 Å². The van der Waals surface area contributed by atoms with E-state index in [0.29, 0.717) is 28.8 Å². The van der Waals surface area contributed by atoms with Crippen molar-refractivity contribution in [1.29, 1.82) is 0 Å². The summed E-state index contributed by atoms with van der Waals surface area (Å²) in [6.45, 7) is 4.65. The zero-order valence-electron chi connectivity index (χ0n) is 16.6. The Morgan fingerprint density at radius 3 is 2.34 bits per heavy atom. The van der Waals surface area contributed by atoms with Gasteiger partial charge >= 0.3 is 6.03 Å². The van der Waals surface area contributed by atoms with Crippen LogP contribution in [0.1, 0.15) is 12.7 Å². The Bertz CT molecular complexity index is 975. The number of aryl methyl sites for hydroxylation is 1. The lowest BCUT2D eigenvalue weighted by Crippen LogP contribution is -2.19. The molecule has 150 valence electrons. The van der Waals surface area contributed by atoms with Gasteiger partial charge in [0, 0.05) is 35.7 Å². The molecule has 3 aromatic rings. The number of benzene rings is 2. The third-order valence-electron chi connectivity index (χ3n) is 3.94. The number of carbonyl (C=O) groups excluding carboxylic acids is 1. The minimum absolute atomic E-state index is 0.333. The van der Waals surface area contributed by atoms with Crippen LogP contribution in [0.2, 0.25) is 0 Å². The topological polar surface area (TPSA) is 100 Å². The molecule has 3 rings (SSSR count). The van der Waals surface area contributed by atoms with E-state index in [9.17, 15) is 4.79 Å². The quantitative estimate of drug-likeness (QED) is 0.468. The van der Waals surface area contributed by atoms with Gasteiger partial charge in [0.1, 0.15) is 23.2 Å². The van der Waals surface area contributed by atoms with Crippen LogP contribution in [0.25, 0.3) is 0 Å². The highest BCUT2D eigenvalue weighted by Gasteiger charge is 2.05. The first-order valence-electron chi connectivity index (χ1n) is 9.24. The highest BCUT2D eigenvalue weighted by atomic mass is 16.5. The van der Waals surface area contributed by atoms with Crippen LogP contribution in [0.15, 0.2) is 54.6 Å². The second-order valence-corrected chi connectivity index (χ2v) is 6.23. The van der Waals surface area contributed by atoms with Crippen LogP contribution in [0, 0.1) is 6.92 Å². The van der Waals surface area contributed by atoms with Crippen molar-refractivity contribution in [3.8, 4) is 5.75 Å². The largest absolute Gasteiger partial charge is 0.497 e. The van der Waals surface area contributed by atoms with E-state index in [4.69, 9.17) is 4.74 Å². The van der Waals surface area contributed by atoms with Crippen LogP contribution in [0.3, 0.4) is 0 Å². The standard InChI is InChI=1S/C21H24N6O2/c1-4-22-19-13-20(24-14(2)23-19)25-15-8-10-16(11-9-15)26-21(28)27-17-6-5-7-18(12-17)29-3/h5-13H,4H2,1-3H3,(H2,26,27,28)(H2,22,23,24,25). The first kappa shape index (κ1) is 19.9. The molecular weight excluding hydrogens is 368 g/mol. The smallest absolute Gasteiger partial charge is 0.323 e. The molecule has 29 heavy (non-hydrogen) atoms. The van der Waals surface area contributed by atoms with Crippen LogP contribution in [0.4, 0.5) is 33.5 Å². The van der Waals surface area contributed by atoms with E-state index in [1.54, 1.807) is 19.2 Å². The molecule has 0 radical (unpaired) electrons. The lowest BCUT2D eigenvalue weighted by molar-refractivity contribution is 0.262. The number of hydrogen-bond acceptors (Lipinski definition) is 6. The van der Waals surface area contributed by atoms with E-state index in [-0.39, 0.29) is 6.03 Å². The Morgan fingerprint density at radius 2 is 1.62 bits per heavy atom. The van der Waals surface area contributed by atoms with Crippen molar-refractivity contribution in [2.45, 2.75) is 13.8 Å². The molecule has 2 aromatic carbocycles. The third-order valence-corrected chi connectivity index (χ3v) is 3.94. The number of rotatable bonds is 7. The Morgan fingerprint density at radius 1 is 0.931 bits per heavy atom. The SMILES string of the molecule is CCNc1cc(Nc2ccc(NC(=O)Nc3cccc(OC)c3)cc2)nc(C)n1. The molecule has 1 heterocycles. The molecule has 0 fully saturated rings. The van der Waals surface area contributed by atoms with Crippen LogP contribution < -0.4 is 26.0 Å². The van der Waals surface area contributed by atoms with Gasteiger partial charge in [0.05, 0.1) is 7.11 Å². The second-order valence-electron chi connectivity index (χ2n) is 6.23. The second kappa shape index (κ2) is 9.41. The van der Waals surface area contributed by atoms with Gasteiger partial charge in [0.2, 0.25) is 0 Å². The Kier molecular flexibility index (Phi) is 6.47. The van der Waals surface area contributed by atoms with Crippen molar-refractivity contribution in [1.82, 2.24) is 9.97 Å². The summed E-state index contributed by atoms with van der Waals surface area (Å²) < 4.78 is 5.15. The number of aromatic nitrogens is 2. The Labute approximate surface area is 169 Å². The first-order valence-corrected chi connectivity index (χ1v) is 9.24. The summed E-state index contributed by atoms with van der Waals surface area (Å²) in [6, 6.07) is 16.0. The minimum Gasteiger partial charge on any atom is -0.497 e. The molecule has 0 aliphatic carbocycles. The number of nitrogens with one attached hydrogen (secondary N) is 4. The van der Waals surface area contributed by atoms with Gasteiger partial charge in [-0.1, -0.05) is 6.07 Å². The van der Waals surface area contributed by atoms with E-state index < -0.39 is 0 Å². The average molecular weight is 392 g/mol. The zero-order chi connectivity index (χ0) is 20.6. The summed E-state index contributed by atoms with van der Waals surface area (Å²) in [5, 5.41) is 12.0. The van der Waals surface area contributed by atoms with Gasteiger partial charge in [-0.15, -0.1) is 0 Å². The number of ether oxygens (including phenoxy) is 1. The molecular formula is C21H24N6O2. The number of hydrogen-bond donors (Lipinski definition) is 4. The predicted octanol–water partition coefficient (Wildman–Crippen LogP) is 4.61. The minimum atomic E-state index is -0.333. The van der Waals surface area contributed by atoms with Crippen LogP contribution in [0.5, 0.6) is 5.75 Å². The molecule has 0 atom stereocenters. The van der Waals surface area contributed by atoms with E-state index in [0.717, 1.165) is 18.1 Å². The first-order chi connectivity index (χ1) is 14.1. The summed E-state index contributed by atoms with van der Waals surface area (Å²) in [5.74, 6) is 2.83. The fourth-order valence-corrected chi connectivity index (χ4v) is 2.68. The highest BCUT2D eigenvalue weighted by Crippen LogP contribution is 2.20. The normalized spacial score (nSPS) is 10.2. The van der Waals surface area contributed by atoms with Crippen molar-refractivity contribution in [3.63, 3.8) is 0 Å². The fraction of sp³-hybridized carbons (Fsp3) is 0.190. The summed E-state index contributed by atoms with van der Waals surface area (Å²) >= 11 is 0. The van der Waals surface area contributed by atoms with Crippen LogP contribution in [-0.4, -0.2) is 29.7 Å². The number of urea groups is 1. The highest BCUT2D eigenvalue weighted by molar-refractivity contribution is 5.99. The molecule has 0 unspecified atom stereocenters. The lowest BCUT2D eigenvalue weighted by Gasteiger charge is -2.11. The number of amides is 2. The lowest BCUT2D eigenvalue weighted by atomic mass is 10.2. The van der Waals surface area contributed by atoms with Gasteiger partial charge in [-0.05, 0) is 50.2 Å². The summed E-state index contributed by atoms with van der Waals surface area (Å²) in [5.41, 5.74) is 2.17. The van der Waals surface area contributed by atoms with Crippen LogP contribution >= 0.6 is 0 Å². The molecule has 0 saturated heterocycles. The van der Waals surface area contributed by atoms with Gasteiger partial charge in [-0.3, -0.25) is 0 Å². The van der Waals surface area contributed by atoms with Crippen molar-refractivity contribution in [2.24, 2.45) is 0 Å². The summed E-state index contributed by atoms with van der Waals surface area (Å²) in [7, 11) is 1.58. The van der Waals surface area contributed by atoms with Crippen LogP contribution in [-0.2, 0) is 0 Å². The maximum atomic E-state index is 12.2.